The summed E-state index contributed by atoms with van der Waals surface area (Å²) in [6.07, 6.45) is 0.652. The van der Waals surface area contributed by atoms with Gasteiger partial charge in [0.1, 0.15) is 0 Å². The Bertz CT molecular complexity index is 405. The lowest BCUT2D eigenvalue weighted by molar-refractivity contribution is -0.241. The first-order chi connectivity index (χ1) is 9.13. The fraction of sp³-hybridized carbons (Fsp3) is 1.00. The Morgan fingerprint density at radius 2 is 1.60 bits per heavy atom. The maximum absolute atomic E-state index is 10.7. The van der Waals surface area contributed by atoms with Crippen LogP contribution in [0.25, 0.3) is 0 Å². The van der Waals surface area contributed by atoms with Gasteiger partial charge in [0, 0.05) is 17.8 Å². The summed E-state index contributed by atoms with van der Waals surface area (Å²) in [7, 11) is 0. The molecular weight excluding hydrogens is 256 g/mol. The van der Waals surface area contributed by atoms with Crippen LogP contribution in [0.1, 0.15) is 47.0 Å². The molecule has 0 aromatic carbocycles. The second-order valence-corrected chi connectivity index (χ2v) is 8.33. The molecule has 7 atom stereocenters. The molecule has 2 saturated carbocycles. The summed E-state index contributed by atoms with van der Waals surface area (Å²) in [5, 5.41) is 31.9. The summed E-state index contributed by atoms with van der Waals surface area (Å²) in [6.45, 7) is 8.69. The lowest BCUT2D eigenvalue weighted by Crippen LogP contribution is -2.67. The van der Waals surface area contributed by atoms with Crippen LogP contribution >= 0.6 is 0 Å². The fourth-order valence-electron chi connectivity index (χ4n) is 6.02. The molecule has 116 valence electrons. The van der Waals surface area contributed by atoms with Crippen LogP contribution in [0.3, 0.4) is 0 Å². The van der Waals surface area contributed by atoms with Crippen molar-refractivity contribution in [3.05, 3.63) is 0 Å². The molecule has 0 spiro atoms. The highest BCUT2D eigenvalue weighted by atomic mass is 16.5. The Hall–Kier alpha value is -0.160. The second-order valence-electron chi connectivity index (χ2n) is 8.33. The van der Waals surface area contributed by atoms with Gasteiger partial charge in [0.25, 0.3) is 0 Å². The number of aliphatic hydroxyl groups is 3. The molecule has 1 heterocycles. The smallest absolute Gasteiger partial charge is 0.0835 e. The Morgan fingerprint density at radius 3 is 2.25 bits per heavy atom. The van der Waals surface area contributed by atoms with Crippen molar-refractivity contribution in [2.75, 3.05) is 6.61 Å². The van der Waals surface area contributed by atoms with E-state index >= 15 is 0 Å². The lowest BCUT2D eigenvalue weighted by atomic mass is 9.43. The molecule has 1 saturated heterocycles. The highest BCUT2D eigenvalue weighted by Gasteiger charge is 2.68. The summed E-state index contributed by atoms with van der Waals surface area (Å²) in [6, 6.07) is 0. The van der Waals surface area contributed by atoms with Gasteiger partial charge in [-0.05, 0) is 31.1 Å². The van der Waals surface area contributed by atoms with E-state index in [-0.39, 0.29) is 17.3 Å². The summed E-state index contributed by atoms with van der Waals surface area (Å²) in [5.74, 6) is -0.119. The highest BCUT2D eigenvalue weighted by Crippen LogP contribution is 2.64. The molecule has 1 aliphatic heterocycles. The van der Waals surface area contributed by atoms with Crippen molar-refractivity contribution in [1.82, 2.24) is 0 Å². The standard InChI is InChI=1S/C16H28O4/c1-14(2)6-5-11(19)16(4)12(14)9(17)7-15(3)13(16)10(18)8-20-15/h9-13,17-19H,5-8H2,1-4H3/t9-,10+,11-,12-,13-,15+,16-/m0/s1. The summed E-state index contributed by atoms with van der Waals surface area (Å²) < 4.78 is 5.84. The molecule has 0 bridgehead atoms. The zero-order valence-corrected chi connectivity index (χ0v) is 13.0. The summed E-state index contributed by atoms with van der Waals surface area (Å²) >= 11 is 0. The minimum Gasteiger partial charge on any atom is -0.393 e. The van der Waals surface area contributed by atoms with Gasteiger partial charge in [0.05, 0.1) is 30.5 Å². The van der Waals surface area contributed by atoms with Crippen molar-refractivity contribution in [2.24, 2.45) is 22.7 Å². The normalized spacial score (nSPS) is 58.0. The third-order valence-corrected chi connectivity index (χ3v) is 6.59. The van der Waals surface area contributed by atoms with Crippen molar-refractivity contribution in [3.8, 4) is 0 Å². The van der Waals surface area contributed by atoms with Crippen LogP contribution in [-0.2, 0) is 4.74 Å². The van der Waals surface area contributed by atoms with Gasteiger partial charge < -0.3 is 20.1 Å². The number of aliphatic hydroxyl groups excluding tert-OH is 3. The van der Waals surface area contributed by atoms with E-state index in [1.165, 1.54) is 0 Å². The third kappa shape index (κ3) is 1.68. The van der Waals surface area contributed by atoms with Gasteiger partial charge in [0.15, 0.2) is 0 Å². The Morgan fingerprint density at radius 1 is 0.950 bits per heavy atom. The van der Waals surface area contributed by atoms with E-state index in [1.807, 2.05) is 13.8 Å². The maximum atomic E-state index is 10.7. The number of hydrogen-bond acceptors (Lipinski definition) is 4. The first kappa shape index (κ1) is 14.8. The van der Waals surface area contributed by atoms with Gasteiger partial charge >= 0.3 is 0 Å². The average Bonchev–Trinajstić information content (AvgIpc) is 2.60. The Kier molecular flexibility index (Phi) is 3.09. The van der Waals surface area contributed by atoms with Crippen LogP contribution < -0.4 is 0 Å². The van der Waals surface area contributed by atoms with E-state index in [1.54, 1.807) is 0 Å². The topological polar surface area (TPSA) is 69.9 Å². The average molecular weight is 284 g/mol. The minimum absolute atomic E-state index is 0.00632. The van der Waals surface area contributed by atoms with Crippen LogP contribution in [0.4, 0.5) is 0 Å². The quantitative estimate of drug-likeness (QED) is 0.627. The molecule has 20 heavy (non-hydrogen) atoms. The molecule has 3 rings (SSSR count). The van der Waals surface area contributed by atoms with Gasteiger partial charge in [-0.2, -0.15) is 0 Å². The number of hydrogen-bond donors (Lipinski definition) is 3. The van der Waals surface area contributed by atoms with E-state index in [4.69, 9.17) is 4.74 Å². The predicted octanol–water partition coefficient (Wildman–Crippen LogP) is 1.32. The molecule has 3 fully saturated rings. The molecule has 4 heteroatoms. The van der Waals surface area contributed by atoms with Crippen molar-refractivity contribution >= 4 is 0 Å². The molecule has 0 aromatic rings. The molecule has 2 aliphatic carbocycles. The van der Waals surface area contributed by atoms with Crippen LogP contribution in [0.15, 0.2) is 0 Å². The first-order valence-corrected chi connectivity index (χ1v) is 7.81. The number of fused-ring (bicyclic) bond motifs is 3. The van der Waals surface area contributed by atoms with Gasteiger partial charge in [-0.25, -0.2) is 0 Å². The zero-order chi connectivity index (χ0) is 14.9. The molecule has 0 aromatic heterocycles. The van der Waals surface area contributed by atoms with Crippen LogP contribution in [-0.4, -0.2) is 45.8 Å². The van der Waals surface area contributed by atoms with Crippen molar-refractivity contribution in [1.29, 1.82) is 0 Å². The van der Waals surface area contributed by atoms with E-state index < -0.39 is 29.3 Å². The fourth-order valence-corrected chi connectivity index (χ4v) is 6.02. The van der Waals surface area contributed by atoms with E-state index in [0.717, 1.165) is 12.8 Å². The molecule has 3 N–H and O–H groups in total. The SMILES string of the molecule is CC1(C)CC[C@H](O)[C@]2(C)[C@H]3[C@H](O)CO[C@]3(C)C[C@H](O)[C@@H]12. The molecule has 0 amide bonds. The van der Waals surface area contributed by atoms with Crippen LogP contribution in [0, 0.1) is 22.7 Å². The molecule has 4 nitrogen and oxygen atoms in total. The van der Waals surface area contributed by atoms with Crippen LogP contribution in [0.5, 0.6) is 0 Å². The summed E-state index contributed by atoms with van der Waals surface area (Å²) in [4.78, 5) is 0. The minimum atomic E-state index is -0.552. The van der Waals surface area contributed by atoms with Crippen molar-refractivity contribution in [3.63, 3.8) is 0 Å². The highest BCUT2D eigenvalue weighted by molar-refractivity contribution is 5.17. The predicted molar refractivity (Wildman–Crippen MR) is 75.1 cm³/mol. The number of ether oxygens (including phenoxy) is 1. The van der Waals surface area contributed by atoms with Gasteiger partial charge in [-0.3, -0.25) is 0 Å². The molecule has 3 aliphatic rings. The maximum Gasteiger partial charge on any atom is 0.0835 e. The van der Waals surface area contributed by atoms with Crippen molar-refractivity contribution in [2.45, 2.75) is 70.9 Å². The molecular formula is C16H28O4. The van der Waals surface area contributed by atoms with Crippen molar-refractivity contribution < 1.29 is 20.1 Å². The monoisotopic (exact) mass is 284 g/mol. The molecule has 0 unspecified atom stereocenters. The van der Waals surface area contributed by atoms with Gasteiger partial charge in [-0.1, -0.05) is 20.8 Å². The molecule has 0 radical (unpaired) electrons. The van der Waals surface area contributed by atoms with Gasteiger partial charge in [0.2, 0.25) is 0 Å². The Balaban J connectivity index is 2.12. The zero-order valence-electron chi connectivity index (χ0n) is 13.0. The van der Waals surface area contributed by atoms with E-state index in [2.05, 4.69) is 13.8 Å². The van der Waals surface area contributed by atoms with E-state index in [0.29, 0.717) is 13.0 Å². The first-order valence-electron chi connectivity index (χ1n) is 7.81. The van der Waals surface area contributed by atoms with Crippen LogP contribution in [0.2, 0.25) is 0 Å². The largest absolute Gasteiger partial charge is 0.393 e. The summed E-state index contributed by atoms with van der Waals surface area (Å²) in [5.41, 5.74) is -1.06. The third-order valence-electron chi connectivity index (χ3n) is 6.59. The van der Waals surface area contributed by atoms with E-state index in [9.17, 15) is 15.3 Å². The van der Waals surface area contributed by atoms with Gasteiger partial charge in [-0.15, -0.1) is 0 Å². The second kappa shape index (κ2) is 4.19. The lowest BCUT2D eigenvalue weighted by Gasteiger charge is -2.63. The Labute approximate surface area is 121 Å². The number of rotatable bonds is 0.